The third kappa shape index (κ3) is 5.01. The van der Waals surface area contributed by atoms with Crippen molar-refractivity contribution in [1.29, 1.82) is 0 Å². The van der Waals surface area contributed by atoms with E-state index >= 15 is 0 Å². The Morgan fingerprint density at radius 1 is 1.37 bits per heavy atom. The average molecular weight is 262 g/mol. The van der Waals surface area contributed by atoms with Crippen LogP contribution in [-0.2, 0) is 11.3 Å². The van der Waals surface area contributed by atoms with Crippen LogP contribution < -0.4 is 5.32 Å². The van der Waals surface area contributed by atoms with Gasteiger partial charge in [0.05, 0.1) is 0 Å². The number of aliphatic carboxylic acids is 1. The summed E-state index contributed by atoms with van der Waals surface area (Å²) >= 11 is 0. The molecule has 1 aliphatic heterocycles. The number of carboxylic acids is 1. The highest BCUT2D eigenvalue weighted by Gasteiger charge is 2.21. The second kappa shape index (κ2) is 7.26. The number of nitrogens with one attached hydrogen (secondary N) is 1. The van der Waals surface area contributed by atoms with Gasteiger partial charge in [0.2, 0.25) is 0 Å². The van der Waals surface area contributed by atoms with E-state index in [1.54, 1.807) is 0 Å². The van der Waals surface area contributed by atoms with Gasteiger partial charge in [-0.2, -0.15) is 0 Å². The Morgan fingerprint density at radius 2 is 2.16 bits per heavy atom. The Hall–Kier alpha value is -1.39. The standard InChI is InChI=1S/C15H22N2O2/c18-15(19)7-4-9-16-14-8-10-17(12-14)11-13-5-2-1-3-6-13/h1-3,5-6,14,16H,4,7-12H2,(H,18,19). The fraction of sp³-hybridized carbons (Fsp3) is 0.533. The number of hydrogen-bond acceptors (Lipinski definition) is 3. The number of likely N-dealkylation sites (tertiary alicyclic amines) is 1. The number of carbonyl (C=O) groups is 1. The lowest BCUT2D eigenvalue weighted by Crippen LogP contribution is -2.33. The van der Waals surface area contributed by atoms with Gasteiger partial charge in [0.1, 0.15) is 0 Å². The highest BCUT2D eigenvalue weighted by Crippen LogP contribution is 2.13. The molecule has 0 amide bonds. The molecule has 0 aromatic heterocycles. The molecule has 1 saturated heterocycles. The molecule has 1 unspecified atom stereocenters. The number of carboxylic acid groups (broad SMARTS) is 1. The summed E-state index contributed by atoms with van der Waals surface area (Å²) in [7, 11) is 0. The van der Waals surface area contributed by atoms with Gasteiger partial charge in [-0.25, -0.2) is 0 Å². The van der Waals surface area contributed by atoms with Crippen molar-refractivity contribution in [3.8, 4) is 0 Å². The van der Waals surface area contributed by atoms with Crippen LogP contribution in [0.2, 0.25) is 0 Å². The maximum Gasteiger partial charge on any atom is 0.303 e. The molecular formula is C15H22N2O2. The van der Waals surface area contributed by atoms with Crippen LogP contribution in [0.25, 0.3) is 0 Å². The summed E-state index contributed by atoms with van der Waals surface area (Å²) in [6.07, 6.45) is 2.12. The molecule has 0 radical (unpaired) electrons. The predicted molar refractivity (Wildman–Crippen MR) is 75.0 cm³/mol. The second-order valence-corrected chi connectivity index (χ2v) is 5.16. The second-order valence-electron chi connectivity index (χ2n) is 5.16. The largest absolute Gasteiger partial charge is 0.481 e. The van der Waals surface area contributed by atoms with Crippen molar-refractivity contribution in [3.05, 3.63) is 35.9 Å². The van der Waals surface area contributed by atoms with Crippen molar-refractivity contribution in [3.63, 3.8) is 0 Å². The van der Waals surface area contributed by atoms with Gasteiger partial charge in [0.25, 0.3) is 0 Å². The van der Waals surface area contributed by atoms with Crippen molar-refractivity contribution in [2.24, 2.45) is 0 Å². The van der Waals surface area contributed by atoms with Crippen LogP contribution in [-0.4, -0.2) is 41.7 Å². The van der Waals surface area contributed by atoms with Crippen LogP contribution in [0.5, 0.6) is 0 Å². The minimum absolute atomic E-state index is 0.257. The van der Waals surface area contributed by atoms with Crippen LogP contribution in [0.4, 0.5) is 0 Å². The summed E-state index contributed by atoms with van der Waals surface area (Å²) in [5, 5.41) is 12.0. The molecule has 1 fully saturated rings. The molecule has 2 N–H and O–H groups in total. The van der Waals surface area contributed by atoms with Crippen molar-refractivity contribution in [1.82, 2.24) is 10.2 Å². The van der Waals surface area contributed by atoms with E-state index in [9.17, 15) is 4.79 Å². The van der Waals surface area contributed by atoms with E-state index in [4.69, 9.17) is 5.11 Å². The minimum Gasteiger partial charge on any atom is -0.481 e. The third-order valence-electron chi connectivity index (χ3n) is 3.52. The fourth-order valence-corrected chi connectivity index (χ4v) is 2.53. The molecular weight excluding hydrogens is 240 g/mol. The van der Waals surface area contributed by atoms with Gasteiger partial charge in [-0.3, -0.25) is 9.69 Å². The molecule has 1 aromatic rings. The number of nitrogens with zero attached hydrogens (tertiary/aromatic N) is 1. The lowest BCUT2D eigenvalue weighted by atomic mass is 10.2. The molecule has 0 spiro atoms. The highest BCUT2D eigenvalue weighted by atomic mass is 16.4. The SMILES string of the molecule is O=C(O)CCCNC1CCN(Cc2ccccc2)C1. The quantitative estimate of drug-likeness (QED) is 0.735. The molecule has 1 heterocycles. The third-order valence-corrected chi connectivity index (χ3v) is 3.52. The normalized spacial score (nSPS) is 19.7. The van der Waals surface area contributed by atoms with Crippen LogP contribution >= 0.6 is 0 Å². The van der Waals surface area contributed by atoms with E-state index in [-0.39, 0.29) is 6.42 Å². The van der Waals surface area contributed by atoms with Gasteiger partial charge in [0.15, 0.2) is 0 Å². The van der Waals surface area contributed by atoms with Crippen LogP contribution in [0.1, 0.15) is 24.8 Å². The average Bonchev–Trinajstić information content (AvgIpc) is 2.83. The Bertz CT molecular complexity index is 394. The van der Waals surface area contributed by atoms with E-state index in [1.807, 2.05) is 6.07 Å². The molecule has 1 atom stereocenters. The summed E-state index contributed by atoms with van der Waals surface area (Å²) < 4.78 is 0. The first-order valence-corrected chi connectivity index (χ1v) is 6.95. The Kier molecular flexibility index (Phi) is 5.36. The molecule has 1 aromatic carbocycles. The van der Waals surface area contributed by atoms with Gasteiger partial charge in [-0.05, 0) is 24.9 Å². The lowest BCUT2D eigenvalue weighted by Gasteiger charge is -2.16. The molecule has 0 aliphatic carbocycles. The topological polar surface area (TPSA) is 52.6 Å². The Labute approximate surface area is 114 Å². The van der Waals surface area contributed by atoms with E-state index in [2.05, 4.69) is 34.5 Å². The van der Waals surface area contributed by atoms with E-state index < -0.39 is 5.97 Å². The van der Waals surface area contributed by atoms with Gasteiger partial charge in [0, 0.05) is 32.1 Å². The number of rotatable bonds is 7. The monoisotopic (exact) mass is 262 g/mol. The molecule has 0 bridgehead atoms. The summed E-state index contributed by atoms with van der Waals surface area (Å²) in [6, 6.07) is 11.0. The molecule has 0 saturated carbocycles. The summed E-state index contributed by atoms with van der Waals surface area (Å²) in [6.45, 7) is 3.98. The van der Waals surface area contributed by atoms with Crippen molar-refractivity contribution >= 4 is 5.97 Å². The molecule has 104 valence electrons. The first-order chi connectivity index (χ1) is 9.24. The maximum atomic E-state index is 10.4. The van der Waals surface area contributed by atoms with Gasteiger partial charge >= 0.3 is 5.97 Å². The van der Waals surface area contributed by atoms with Crippen LogP contribution in [0.15, 0.2) is 30.3 Å². The minimum atomic E-state index is -0.709. The smallest absolute Gasteiger partial charge is 0.303 e. The first-order valence-electron chi connectivity index (χ1n) is 6.95. The molecule has 4 heteroatoms. The molecule has 19 heavy (non-hydrogen) atoms. The summed E-state index contributed by atoms with van der Waals surface area (Å²) in [5.41, 5.74) is 1.36. The van der Waals surface area contributed by atoms with E-state index in [0.717, 1.165) is 32.6 Å². The first kappa shape index (κ1) is 14.0. The van der Waals surface area contributed by atoms with E-state index in [1.165, 1.54) is 5.56 Å². The summed E-state index contributed by atoms with van der Waals surface area (Å²) in [4.78, 5) is 12.9. The van der Waals surface area contributed by atoms with Crippen molar-refractivity contribution in [2.75, 3.05) is 19.6 Å². The maximum absolute atomic E-state index is 10.4. The van der Waals surface area contributed by atoms with Crippen molar-refractivity contribution in [2.45, 2.75) is 31.8 Å². The van der Waals surface area contributed by atoms with E-state index in [0.29, 0.717) is 12.5 Å². The zero-order valence-corrected chi connectivity index (χ0v) is 11.2. The highest BCUT2D eigenvalue weighted by molar-refractivity contribution is 5.66. The Balaban J connectivity index is 1.64. The van der Waals surface area contributed by atoms with Crippen LogP contribution in [0.3, 0.4) is 0 Å². The predicted octanol–water partition coefficient (Wildman–Crippen LogP) is 1.72. The number of benzene rings is 1. The number of hydrogen-bond donors (Lipinski definition) is 2. The van der Waals surface area contributed by atoms with Gasteiger partial charge in [-0.1, -0.05) is 30.3 Å². The molecule has 1 aliphatic rings. The van der Waals surface area contributed by atoms with Gasteiger partial charge < -0.3 is 10.4 Å². The fourth-order valence-electron chi connectivity index (χ4n) is 2.53. The molecule has 4 nitrogen and oxygen atoms in total. The van der Waals surface area contributed by atoms with Gasteiger partial charge in [-0.15, -0.1) is 0 Å². The summed E-state index contributed by atoms with van der Waals surface area (Å²) in [5.74, 6) is -0.709. The van der Waals surface area contributed by atoms with Crippen molar-refractivity contribution < 1.29 is 9.90 Å². The Morgan fingerprint density at radius 3 is 2.89 bits per heavy atom. The lowest BCUT2D eigenvalue weighted by molar-refractivity contribution is -0.137. The zero-order valence-electron chi connectivity index (χ0n) is 11.2. The zero-order chi connectivity index (χ0) is 13.5. The molecule has 2 rings (SSSR count). The van der Waals surface area contributed by atoms with Crippen LogP contribution in [0, 0.1) is 0 Å².